The van der Waals surface area contributed by atoms with E-state index in [2.05, 4.69) is 15.1 Å². The van der Waals surface area contributed by atoms with Crippen molar-refractivity contribution >= 4 is 5.91 Å². The lowest BCUT2D eigenvalue weighted by molar-refractivity contribution is -0.128. The third kappa shape index (κ3) is 3.92. The molecule has 5 saturated carbocycles. The number of likely N-dealkylation sites (tertiary alicyclic amines) is 2. The highest BCUT2D eigenvalue weighted by Crippen LogP contribution is 2.55. The van der Waals surface area contributed by atoms with Gasteiger partial charge in [-0.1, -0.05) is 0 Å². The number of nitrogens with one attached hydrogen (secondary N) is 1. The van der Waals surface area contributed by atoms with Gasteiger partial charge in [-0.2, -0.15) is 0 Å². The number of carbonyl (C=O) groups excluding carboxylic acids is 1. The molecule has 7 aliphatic rings. The second-order valence-corrected chi connectivity index (χ2v) is 12.2. The number of alkyl halides is 3. The Morgan fingerprint density at radius 3 is 1.90 bits per heavy atom. The third-order valence-corrected chi connectivity index (χ3v) is 9.62. The largest absolute Gasteiger partial charge is 0.350 e. The molecular formula is C24H36F3N3O. The molecule has 0 aromatic heterocycles. The van der Waals surface area contributed by atoms with E-state index in [1.165, 1.54) is 38.5 Å². The highest BCUT2D eigenvalue weighted by molar-refractivity contribution is 5.79. The predicted molar refractivity (Wildman–Crippen MR) is 112 cm³/mol. The maximum absolute atomic E-state index is 15.2. The van der Waals surface area contributed by atoms with E-state index in [1.807, 2.05) is 0 Å². The molecule has 174 valence electrons. The van der Waals surface area contributed by atoms with Gasteiger partial charge in [-0.25, -0.2) is 13.2 Å². The van der Waals surface area contributed by atoms with Crippen LogP contribution in [0.15, 0.2) is 0 Å². The smallest absolute Gasteiger partial charge is 0.248 e. The van der Waals surface area contributed by atoms with Gasteiger partial charge in [-0.3, -0.25) is 14.6 Å². The number of nitrogens with zero attached hydrogens (tertiary/aromatic N) is 2. The molecule has 0 aromatic carbocycles. The molecule has 7 fully saturated rings. The van der Waals surface area contributed by atoms with E-state index < -0.39 is 11.6 Å². The predicted octanol–water partition coefficient (Wildman–Crippen LogP) is 3.75. The summed E-state index contributed by atoms with van der Waals surface area (Å²) < 4.78 is 42.0. The van der Waals surface area contributed by atoms with Crippen LogP contribution in [0.2, 0.25) is 0 Å². The lowest BCUT2D eigenvalue weighted by Crippen LogP contribution is -2.61. The Hall–Kier alpha value is -0.820. The average molecular weight is 440 g/mol. The minimum absolute atomic E-state index is 0.0366. The first-order valence-electron chi connectivity index (χ1n) is 12.5. The topological polar surface area (TPSA) is 35.6 Å². The molecule has 5 aliphatic carbocycles. The summed E-state index contributed by atoms with van der Waals surface area (Å²) in [6.45, 7) is 2.28. The fourth-order valence-corrected chi connectivity index (χ4v) is 8.59. The second-order valence-electron chi connectivity index (χ2n) is 12.2. The fraction of sp³-hybridized carbons (Fsp3) is 0.958. The van der Waals surface area contributed by atoms with Gasteiger partial charge in [-0.15, -0.1) is 0 Å². The Morgan fingerprint density at radius 1 is 0.806 bits per heavy atom. The highest BCUT2D eigenvalue weighted by Gasteiger charge is 2.53. The van der Waals surface area contributed by atoms with Crippen molar-refractivity contribution in [2.75, 3.05) is 26.2 Å². The van der Waals surface area contributed by atoms with Crippen LogP contribution in [0.4, 0.5) is 13.2 Å². The van der Waals surface area contributed by atoms with Crippen molar-refractivity contribution in [3.63, 3.8) is 0 Å². The van der Waals surface area contributed by atoms with E-state index in [9.17, 15) is 13.6 Å². The molecule has 2 atom stereocenters. The minimum Gasteiger partial charge on any atom is -0.350 e. The van der Waals surface area contributed by atoms with Crippen LogP contribution in [0, 0.1) is 17.8 Å². The monoisotopic (exact) mass is 439 g/mol. The number of rotatable bonds is 5. The Kier molecular flexibility index (Phi) is 4.75. The van der Waals surface area contributed by atoms with Crippen molar-refractivity contribution in [3.8, 4) is 0 Å². The third-order valence-electron chi connectivity index (χ3n) is 9.62. The number of amides is 1. The van der Waals surface area contributed by atoms with Gasteiger partial charge in [-0.05, 0) is 75.5 Å². The molecule has 7 heteroatoms. The molecule has 0 radical (unpaired) electrons. The molecule has 2 heterocycles. The molecule has 7 rings (SSSR count). The summed E-state index contributed by atoms with van der Waals surface area (Å²) in [6.07, 6.45) is 7.85. The molecule has 0 aromatic rings. The van der Waals surface area contributed by atoms with Gasteiger partial charge >= 0.3 is 0 Å². The van der Waals surface area contributed by atoms with Crippen LogP contribution in [0.25, 0.3) is 0 Å². The van der Waals surface area contributed by atoms with Crippen molar-refractivity contribution in [3.05, 3.63) is 0 Å². The summed E-state index contributed by atoms with van der Waals surface area (Å²) in [5.41, 5.74) is -1.42. The van der Waals surface area contributed by atoms with E-state index in [1.54, 1.807) is 0 Å². The Bertz CT molecular complexity index is 698. The zero-order valence-corrected chi connectivity index (χ0v) is 18.4. The molecule has 1 N–H and O–H groups in total. The zero-order valence-electron chi connectivity index (χ0n) is 18.4. The second kappa shape index (κ2) is 7.09. The number of halogens is 3. The standard InChI is InChI=1S/C24H36F3N3O/c25-22(1-3-24(26,27)4-2-22)15-30-13-19-8-20(30)12-29(19)14-21(31)28-23-9-16-5-17(10-23)7-18(6-16)11-23/h16-20H,1-15H2,(H,28,31)/t16?,17?,18?,19-,20-,23?/m0/s1. The summed E-state index contributed by atoms with van der Waals surface area (Å²) in [5.74, 6) is -0.0833. The van der Waals surface area contributed by atoms with Gasteiger partial charge in [0.25, 0.3) is 0 Å². The highest BCUT2D eigenvalue weighted by atomic mass is 19.3. The Labute approximate surface area is 183 Å². The SMILES string of the molecule is O=C(CN1C[C@@H]2C[C@H]1CN2CC1(F)CCC(F)(F)CC1)NC12CC3CC(CC(C3)C1)C2. The number of fused-ring (bicyclic) bond motifs is 2. The van der Waals surface area contributed by atoms with Gasteiger partial charge in [0.2, 0.25) is 11.8 Å². The summed E-state index contributed by atoms with van der Waals surface area (Å²) in [5, 5.41) is 3.48. The van der Waals surface area contributed by atoms with Gasteiger partial charge in [0.1, 0.15) is 5.67 Å². The van der Waals surface area contributed by atoms with E-state index >= 15 is 4.39 Å². The minimum atomic E-state index is -2.69. The van der Waals surface area contributed by atoms with Gasteiger partial charge in [0, 0.05) is 50.1 Å². The lowest BCUT2D eigenvalue weighted by atomic mass is 9.53. The summed E-state index contributed by atoms with van der Waals surface area (Å²) in [6, 6.07) is 0.549. The zero-order chi connectivity index (χ0) is 21.4. The molecule has 31 heavy (non-hydrogen) atoms. The summed E-state index contributed by atoms with van der Waals surface area (Å²) in [7, 11) is 0. The van der Waals surface area contributed by atoms with Crippen molar-refractivity contribution in [1.29, 1.82) is 0 Å². The molecule has 0 unspecified atom stereocenters. The van der Waals surface area contributed by atoms with Crippen molar-refractivity contribution < 1.29 is 18.0 Å². The molecule has 2 aliphatic heterocycles. The first kappa shape index (κ1) is 20.8. The number of carbonyl (C=O) groups is 1. The molecule has 4 nitrogen and oxygen atoms in total. The molecule has 0 spiro atoms. The van der Waals surface area contributed by atoms with Gasteiger partial charge in [0.05, 0.1) is 6.54 Å². The van der Waals surface area contributed by atoms with Crippen molar-refractivity contribution in [2.45, 2.75) is 99.8 Å². The van der Waals surface area contributed by atoms with Crippen LogP contribution in [-0.2, 0) is 4.79 Å². The van der Waals surface area contributed by atoms with E-state index in [4.69, 9.17) is 0 Å². The van der Waals surface area contributed by atoms with Gasteiger partial charge in [0.15, 0.2) is 0 Å². The van der Waals surface area contributed by atoms with Crippen LogP contribution in [-0.4, -0.2) is 71.1 Å². The van der Waals surface area contributed by atoms with Crippen LogP contribution in [0.5, 0.6) is 0 Å². The maximum Gasteiger partial charge on any atom is 0.248 e. The quantitative estimate of drug-likeness (QED) is 0.709. The maximum atomic E-state index is 15.2. The average Bonchev–Trinajstić information content (AvgIpc) is 3.23. The summed E-state index contributed by atoms with van der Waals surface area (Å²) in [4.78, 5) is 17.4. The van der Waals surface area contributed by atoms with Crippen LogP contribution < -0.4 is 5.32 Å². The lowest BCUT2D eigenvalue weighted by Gasteiger charge is -2.57. The van der Waals surface area contributed by atoms with Crippen LogP contribution in [0.3, 0.4) is 0 Å². The Morgan fingerprint density at radius 2 is 1.35 bits per heavy atom. The van der Waals surface area contributed by atoms with E-state index in [-0.39, 0.29) is 49.7 Å². The molecule has 1 amide bonds. The van der Waals surface area contributed by atoms with E-state index in [0.717, 1.165) is 37.3 Å². The molecular weight excluding hydrogens is 403 g/mol. The normalized spacial score (nSPS) is 45.3. The first-order valence-corrected chi connectivity index (χ1v) is 12.5. The Balaban J connectivity index is 1.01. The number of piperazine rings is 1. The summed E-state index contributed by atoms with van der Waals surface area (Å²) >= 11 is 0. The van der Waals surface area contributed by atoms with Crippen LogP contribution >= 0.6 is 0 Å². The molecule has 6 bridgehead atoms. The first-order chi connectivity index (χ1) is 14.7. The van der Waals surface area contributed by atoms with Crippen molar-refractivity contribution in [2.24, 2.45) is 17.8 Å². The number of hydrogen-bond acceptors (Lipinski definition) is 3. The molecule has 2 saturated heterocycles. The fourth-order valence-electron chi connectivity index (χ4n) is 8.59. The van der Waals surface area contributed by atoms with Gasteiger partial charge < -0.3 is 5.32 Å². The van der Waals surface area contributed by atoms with E-state index in [0.29, 0.717) is 12.6 Å². The van der Waals surface area contributed by atoms with Crippen LogP contribution in [0.1, 0.15) is 70.6 Å². The number of hydrogen-bond donors (Lipinski definition) is 1. The van der Waals surface area contributed by atoms with Crippen molar-refractivity contribution in [1.82, 2.24) is 15.1 Å².